The lowest BCUT2D eigenvalue weighted by atomic mass is 10.1. The predicted molar refractivity (Wildman–Crippen MR) is 95.7 cm³/mol. The van der Waals surface area contributed by atoms with Crippen LogP contribution in [0, 0.1) is 0 Å². The maximum absolute atomic E-state index is 12.1. The average molecular weight is 309 g/mol. The largest absolute Gasteiger partial charge is 0.493 e. The lowest BCUT2D eigenvalue weighted by Crippen LogP contribution is -2.09. The van der Waals surface area contributed by atoms with Gasteiger partial charge in [-0.05, 0) is 36.6 Å². The highest BCUT2D eigenvalue weighted by Gasteiger charge is 2.04. The van der Waals surface area contributed by atoms with E-state index < -0.39 is 0 Å². The zero-order valence-corrected chi connectivity index (χ0v) is 13.7. The second-order valence-electron chi connectivity index (χ2n) is 5.22. The van der Waals surface area contributed by atoms with Gasteiger partial charge in [-0.3, -0.25) is 4.79 Å². The summed E-state index contributed by atoms with van der Waals surface area (Å²) in [5, 5.41) is 2.93. The van der Waals surface area contributed by atoms with Crippen LogP contribution in [0.1, 0.15) is 31.4 Å². The number of ether oxygens (including phenoxy) is 1. The molecule has 2 rings (SSSR count). The standard InChI is InChI=1S/C20H23NO2/c1-3-15-23-19-12-8-6-10-17(19)13-14-20(22)21-18-11-7-5-9-16(18)4-2/h5-14H,3-4,15H2,1-2H3,(H,21,22). The molecule has 0 saturated carbocycles. The molecule has 0 fully saturated rings. The Bertz CT molecular complexity index is 677. The minimum atomic E-state index is -0.142. The van der Waals surface area contributed by atoms with Gasteiger partial charge in [0.05, 0.1) is 6.61 Å². The third-order valence-electron chi connectivity index (χ3n) is 3.45. The fourth-order valence-corrected chi connectivity index (χ4v) is 2.25. The van der Waals surface area contributed by atoms with E-state index in [4.69, 9.17) is 4.74 Å². The Hall–Kier alpha value is -2.55. The third kappa shape index (κ3) is 4.99. The molecule has 0 spiro atoms. The van der Waals surface area contributed by atoms with Crippen LogP contribution in [-0.4, -0.2) is 12.5 Å². The topological polar surface area (TPSA) is 38.3 Å². The molecule has 0 aromatic heterocycles. The molecule has 0 aliphatic heterocycles. The highest BCUT2D eigenvalue weighted by atomic mass is 16.5. The second-order valence-corrected chi connectivity index (χ2v) is 5.22. The summed E-state index contributed by atoms with van der Waals surface area (Å²) < 4.78 is 5.69. The number of anilines is 1. The number of benzene rings is 2. The SMILES string of the molecule is CCCOc1ccccc1C=CC(=O)Nc1ccccc1CC. The Kier molecular flexibility index (Phi) is 6.42. The first-order valence-corrected chi connectivity index (χ1v) is 8.03. The maximum Gasteiger partial charge on any atom is 0.248 e. The number of carbonyl (C=O) groups excluding carboxylic acids is 1. The van der Waals surface area contributed by atoms with Gasteiger partial charge in [-0.15, -0.1) is 0 Å². The molecule has 120 valence electrons. The molecular formula is C20H23NO2. The van der Waals surface area contributed by atoms with Gasteiger partial charge >= 0.3 is 0 Å². The van der Waals surface area contributed by atoms with E-state index in [1.165, 1.54) is 0 Å². The first-order chi connectivity index (χ1) is 11.2. The van der Waals surface area contributed by atoms with Crippen LogP contribution in [0.4, 0.5) is 5.69 Å². The maximum atomic E-state index is 12.1. The Morgan fingerprint density at radius 3 is 2.61 bits per heavy atom. The average Bonchev–Trinajstić information content (AvgIpc) is 2.59. The number of nitrogens with one attached hydrogen (secondary N) is 1. The van der Waals surface area contributed by atoms with Crippen LogP contribution >= 0.6 is 0 Å². The van der Waals surface area contributed by atoms with Crippen LogP contribution in [0.15, 0.2) is 54.6 Å². The summed E-state index contributed by atoms with van der Waals surface area (Å²) in [7, 11) is 0. The van der Waals surface area contributed by atoms with Crippen LogP contribution < -0.4 is 10.1 Å². The molecule has 0 bridgehead atoms. The van der Waals surface area contributed by atoms with Gasteiger partial charge in [-0.1, -0.05) is 50.2 Å². The fourth-order valence-electron chi connectivity index (χ4n) is 2.25. The van der Waals surface area contributed by atoms with Gasteiger partial charge in [0.15, 0.2) is 0 Å². The monoisotopic (exact) mass is 309 g/mol. The lowest BCUT2D eigenvalue weighted by molar-refractivity contribution is -0.111. The van der Waals surface area contributed by atoms with Gasteiger partial charge in [0.1, 0.15) is 5.75 Å². The predicted octanol–water partition coefficient (Wildman–Crippen LogP) is 4.69. The van der Waals surface area contributed by atoms with Crippen molar-refractivity contribution in [3.05, 3.63) is 65.7 Å². The number of hydrogen-bond donors (Lipinski definition) is 1. The Balaban J connectivity index is 2.06. The zero-order valence-electron chi connectivity index (χ0n) is 13.7. The minimum absolute atomic E-state index is 0.142. The van der Waals surface area contributed by atoms with Crippen molar-refractivity contribution in [2.75, 3.05) is 11.9 Å². The summed E-state index contributed by atoms with van der Waals surface area (Å²) in [6.07, 6.45) is 5.16. The summed E-state index contributed by atoms with van der Waals surface area (Å²) in [5.41, 5.74) is 2.89. The molecule has 23 heavy (non-hydrogen) atoms. The molecule has 0 saturated heterocycles. The first-order valence-electron chi connectivity index (χ1n) is 8.03. The van der Waals surface area contributed by atoms with E-state index in [2.05, 4.69) is 19.2 Å². The van der Waals surface area contributed by atoms with Crippen molar-refractivity contribution in [1.29, 1.82) is 0 Å². The highest BCUT2D eigenvalue weighted by Crippen LogP contribution is 2.20. The van der Waals surface area contributed by atoms with Gasteiger partial charge in [0, 0.05) is 17.3 Å². The van der Waals surface area contributed by atoms with E-state index in [9.17, 15) is 4.79 Å². The zero-order chi connectivity index (χ0) is 16.5. The molecular weight excluding hydrogens is 286 g/mol. The van der Waals surface area contributed by atoms with E-state index >= 15 is 0 Å². The molecule has 0 heterocycles. The molecule has 0 aliphatic rings. The van der Waals surface area contributed by atoms with Crippen LogP contribution in [-0.2, 0) is 11.2 Å². The number of para-hydroxylation sites is 2. The molecule has 0 aliphatic carbocycles. The molecule has 2 aromatic rings. The first kappa shape index (κ1) is 16.8. The van der Waals surface area contributed by atoms with Crippen LogP contribution in [0.5, 0.6) is 5.75 Å². The van der Waals surface area contributed by atoms with Crippen molar-refractivity contribution in [2.24, 2.45) is 0 Å². The summed E-state index contributed by atoms with van der Waals surface area (Å²) in [6, 6.07) is 15.6. The van der Waals surface area contributed by atoms with Crippen LogP contribution in [0.3, 0.4) is 0 Å². The number of rotatable bonds is 7. The van der Waals surface area contributed by atoms with E-state index in [1.54, 1.807) is 12.2 Å². The summed E-state index contributed by atoms with van der Waals surface area (Å²) in [5.74, 6) is 0.656. The number of amides is 1. The smallest absolute Gasteiger partial charge is 0.248 e. The normalized spacial score (nSPS) is 10.7. The Morgan fingerprint density at radius 1 is 1.09 bits per heavy atom. The Labute approximate surface area is 138 Å². The van der Waals surface area contributed by atoms with E-state index in [-0.39, 0.29) is 5.91 Å². The van der Waals surface area contributed by atoms with Crippen LogP contribution in [0.2, 0.25) is 0 Å². The van der Waals surface area contributed by atoms with Gasteiger partial charge in [-0.2, -0.15) is 0 Å². The van der Waals surface area contributed by atoms with E-state index in [1.807, 2.05) is 48.5 Å². The van der Waals surface area contributed by atoms with Crippen molar-refractivity contribution >= 4 is 17.7 Å². The summed E-state index contributed by atoms with van der Waals surface area (Å²) >= 11 is 0. The quantitative estimate of drug-likeness (QED) is 0.754. The number of hydrogen-bond acceptors (Lipinski definition) is 2. The second kappa shape index (κ2) is 8.79. The lowest BCUT2D eigenvalue weighted by Gasteiger charge is -2.09. The van der Waals surface area contributed by atoms with Gasteiger partial charge in [0.25, 0.3) is 0 Å². The molecule has 2 aromatic carbocycles. The fraction of sp³-hybridized carbons (Fsp3) is 0.250. The molecule has 3 nitrogen and oxygen atoms in total. The molecule has 0 atom stereocenters. The molecule has 0 radical (unpaired) electrons. The third-order valence-corrected chi connectivity index (χ3v) is 3.45. The highest BCUT2D eigenvalue weighted by molar-refractivity contribution is 6.02. The number of carbonyl (C=O) groups is 1. The van der Waals surface area contributed by atoms with Gasteiger partial charge in [-0.25, -0.2) is 0 Å². The minimum Gasteiger partial charge on any atom is -0.493 e. The van der Waals surface area contributed by atoms with Gasteiger partial charge < -0.3 is 10.1 Å². The van der Waals surface area contributed by atoms with E-state index in [0.717, 1.165) is 35.4 Å². The van der Waals surface area contributed by atoms with Crippen molar-refractivity contribution in [1.82, 2.24) is 0 Å². The summed E-state index contributed by atoms with van der Waals surface area (Å²) in [4.78, 5) is 12.1. The molecule has 1 N–H and O–H groups in total. The summed E-state index contributed by atoms with van der Waals surface area (Å²) in [6.45, 7) is 4.81. The van der Waals surface area contributed by atoms with Gasteiger partial charge in [0.2, 0.25) is 5.91 Å². The van der Waals surface area contributed by atoms with E-state index in [0.29, 0.717) is 6.61 Å². The van der Waals surface area contributed by atoms with Crippen molar-refractivity contribution in [3.8, 4) is 5.75 Å². The van der Waals surface area contributed by atoms with Crippen molar-refractivity contribution in [3.63, 3.8) is 0 Å². The molecule has 0 unspecified atom stereocenters. The van der Waals surface area contributed by atoms with Crippen molar-refractivity contribution in [2.45, 2.75) is 26.7 Å². The Morgan fingerprint density at radius 2 is 1.83 bits per heavy atom. The molecule has 3 heteroatoms. The number of aryl methyl sites for hydroxylation is 1. The van der Waals surface area contributed by atoms with Crippen molar-refractivity contribution < 1.29 is 9.53 Å². The van der Waals surface area contributed by atoms with Crippen LogP contribution in [0.25, 0.3) is 6.08 Å². The molecule has 1 amide bonds.